The molecule has 0 fully saturated rings. The molecule has 0 spiro atoms. The maximum absolute atomic E-state index is 12.1. The average Bonchev–Trinajstić information content (AvgIpc) is 2.38. The summed E-state index contributed by atoms with van der Waals surface area (Å²) in [5, 5.41) is 0.335. The van der Waals surface area contributed by atoms with E-state index in [2.05, 4.69) is 17.3 Å². The molecular formula is C12H19ClN4O. The lowest BCUT2D eigenvalue weighted by molar-refractivity contribution is 0.0787. The zero-order chi connectivity index (χ0) is 13.5. The van der Waals surface area contributed by atoms with E-state index in [-0.39, 0.29) is 11.6 Å². The third-order valence-corrected chi connectivity index (χ3v) is 2.95. The SMILES string of the molecule is CCCCCN(C)C(=O)c1nc(NN)ccc1Cl. The van der Waals surface area contributed by atoms with Crippen molar-refractivity contribution in [3.05, 3.63) is 22.8 Å². The van der Waals surface area contributed by atoms with Gasteiger partial charge in [-0.15, -0.1) is 0 Å². The highest BCUT2D eigenvalue weighted by Gasteiger charge is 2.17. The molecule has 0 aliphatic carbocycles. The zero-order valence-corrected chi connectivity index (χ0v) is 11.5. The minimum atomic E-state index is -0.187. The average molecular weight is 271 g/mol. The van der Waals surface area contributed by atoms with E-state index in [9.17, 15) is 4.79 Å². The van der Waals surface area contributed by atoms with Crippen LogP contribution >= 0.6 is 11.6 Å². The monoisotopic (exact) mass is 270 g/mol. The number of anilines is 1. The highest BCUT2D eigenvalue weighted by atomic mass is 35.5. The lowest BCUT2D eigenvalue weighted by atomic mass is 10.2. The third kappa shape index (κ3) is 3.85. The first-order valence-corrected chi connectivity index (χ1v) is 6.36. The van der Waals surface area contributed by atoms with Gasteiger partial charge in [-0.2, -0.15) is 0 Å². The van der Waals surface area contributed by atoms with Crippen LogP contribution in [0.5, 0.6) is 0 Å². The molecule has 6 heteroatoms. The van der Waals surface area contributed by atoms with Crippen LogP contribution < -0.4 is 11.3 Å². The van der Waals surface area contributed by atoms with Crippen LogP contribution in [0, 0.1) is 0 Å². The first-order chi connectivity index (χ1) is 8.60. The van der Waals surface area contributed by atoms with E-state index >= 15 is 0 Å². The number of hydrazine groups is 1. The molecule has 18 heavy (non-hydrogen) atoms. The summed E-state index contributed by atoms with van der Waals surface area (Å²) in [4.78, 5) is 17.8. The molecule has 0 atom stereocenters. The number of unbranched alkanes of at least 4 members (excludes halogenated alkanes) is 2. The van der Waals surface area contributed by atoms with E-state index < -0.39 is 0 Å². The van der Waals surface area contributed by atoms with Crippen LogP contribution in [0.2, 0.25) is 5.02 Å². The summed E-state index contributed by atoms with van der Waals surface area (Å²) < 4.78 is 0. The second kappa shape index (κ2) is 7.18. The minimum Gasteiger partial charge on any atom is -0.340 e. The van der Waals surface area contributed by atoms with Crippen LogP contribution in [0.1, 0.15) is 36.7 Å². The summed E-state index contributed by atoms with van der Waals surface area (Å²) in [6.45, 7) is 2.82. The number of nitrogens with two attached hydrogens (primary N) is 1. The summed E-state index contributed by atoms with van der Waals surface area (Å²) in [6.07, 6.45) is 3.20. The largest absolute Gasteiger partial charge is 0.340 e. The Hall–Kier alpha value is -1.33. The molecule has 0 saturated heterocycles. The molecule has 0 unspecified atom stereocenters. The molecule has 0 aromatic carbocycles. The van der Waals surface area contributed by atoms with E-state index in [0.29, 0.717) is 17.4 Å². The number of nitrogens with one attached hydrogen (secondary N) is 1. The molecule has 0 bridgehead atoms. The van der Waals surface area contributed by atoms with Gasteiger partial charge >= 0.3 is 0 Å². The molecule has 100 valence electrons. The zero-order valence-electron chi connectivity index (χ0n) is 10.7. The first-order valence-electron chi connectivity index (χ1n) is 5.98. The van der Waals surface area contributed by atoms with Crippen LogP contribution in [0.25, 0.3) is 0 Å². The molecule has 1 aromatic rings. The summed E-state index contributed by atoms with van der Waals surface area (Å²) >= 11 is 5.97. The fraction of sp³-hybridized carbons (Fsp3) is 0.500. The first kappa shape index (κ1) is 14.7. The topological polar surface area (TPSA) is 71.2 Å². The van der Waals surface area contributed by atoms with Crippen molar-refractivity contribution in [3.63, 3.8) is 0 Å². The van der Waals surface area contributed by atoms with Gasteiger partial charge in [0.15, 0.2) is 0 Å². The van der Waals surface area contributed by atoms with Gasteiger partial charge in [0.2, 0.25) is 0 Å². The van der Waals surface area contributed by atoms with Gasteiger partial charge in [-0.25, -0.2) is 10.8 Å². The predicted octanol–water partition coefficient (Wildman–Crippen LogP) is 2.28. The number of aromatic nitrogens is 1. The molecule has 1 amide bonds. The number of nitrogens with zero attached hydrogens (tertiary/aromatic N) is 2. The van der Waals surface area contributed by atoms with Crippen molar-refractivity contribution < 1.29 is 4.79 Å². The van der Waals surface area contributed by atoms with Crippen LogP contribution in [0.15, 0.2) is 12.1 Å². The van der Waals surface area contributed by atoms with E-state index in [4.69, 9.17) is 17.4 Å². The molecule has 5 nitrogen and oxygen atoms in total. The van der Waals surface area contributed by atoms with E-state index in [1.807, 2.05) is 0 Å². The van der Waals surface area contributed by atoms with Crippen molar-refractivity contribution in [2.75, 3.05) is 19.0 Å². The number of nitrogen functional groups attached to an aromatic ring is 1. The molecule has 0 radical (unpaired) electrons. The maximum atomic E-state index is 12.1. The molecule has 0 aliphatic heterocycles. The predicted molar refractivity (Wildman–Crippen MR) is 73.5 cm³/mol. The Labute approximate surface area is 112 Å². The summed E-state index contributed by atoms with van der Waals surface area (Å²) in [6, 6.07) is 3.23. The summed E-state index contributed by atoms with van der Waals surface area (Å²) in [5.41, 5.74) is 2.63. The molecular weight excluding hydrogens is 252 g/mol. The molecule has 0 saturated carbocycles. The number of rotatable bonds is 6. The quantitative estimate of drug-likeness (QED) is 0.473. The Morgan fingerprint density at radius 3 is 2.83 bits per heavy atom. The summed E-state index contributed by atoms with van der Waals surface area (Å²) in [7, 11) is 1.75. The van der Waals surface area contributed by atoms with Gasteiger partial charge in [-0.1, -0.05) is 31.4 Å². The Kier molecular flexibility index (Phi) is 5.88. The molecule has 1 heterocycles. The Morgan fingerprint density at radius 1 is 1.50 bits per heavy atom. The van der Waals surface area contributed by atoms with Gasteiger partial charge in [-0.3, -0.25) is 4.79 Å². The lowest BCUT2D eigenvalue weighted by Gasteiger charge is -2.17. The van der Waals surface area contributed by atoms with Crippen molar-refractivity contribution in [3.8, 4) is 0 Å². The number of halogens is 1. The third-order valence-electron chi connectivity index (χ3n) is 2.64. The highest BCUT2D eigenvalue weighted by molar-refractivity contribution is 6.33. The van der Waals surface area contributed by atoms with Crippen molar-refractivity contribution in [1.82, 2.24) is 9.88 Å². The van der Waals surface area contributed by atoms with Gasteiger partial charge in [0.05, 0.1) is 5.02 Å². The number of pyridine rings is 1. The second-order valence-electron chi connectivity index (χ2n) is 4.11. The van der Waals surface area contributed by atoms with Crippen LogP contribution in [0.4, 0.5) is 5.82 Å². The normalized spacial score (nSPS) is 10.2. The maximum Gasteiger partial charge on any atom is 0.273 e. The standard InChI is InChI=1S/C12H19ClN4O/c1-3-4-5-8-17(2)12(18)11-9(13)6-7-10(15-11)16-14/h6-7H,3-5,8,14H2,1-2H3,(H,15,16). The lowest BCUT2D eigenvalue weighted by Crippen LogP contribution is -2.29. The van der Waals surface area contributed by atoms with Gasteiger partial charge in [0, 0.05) is 13.6 Å². The van der Waals surface area contributed by atoms with Crippen LogP contribution in [-0.4, -0.2) is 29.4 Å². The fourth-order valence-corrected chi connectivity index (χ4v) is 1.74. The minimum absolute atomic E-state index is 0.187. The number of carbonyl (C=O) groups excluding carboxylic acids is 1. The van der Waals surface area contributed by atoms with Crippen molar-refractivity contribution in [2.24, 2.45) is 5.84 Å². The van der Waals surface area contributed by atoms with Crippen molar-refractivity contribution in [1.29, 1.82) is 0 Å². The van der Waals surface area contributed by atoms with Crippen molar-refractivity contribution in [2.45, 2.75) is 26.2 Å². The molecule has 1 aromatic heterocycles. The second-order valence-corrected chi connectivity index (χ2v) is 4.51. The van der Waals surface area contributed by atoms with Gasteiger partial charge in [0.1, 0.15) is 11.5 Å². The van der Waals surface area contributed by atoms with Gasteiger partial charge in [0.25, 0.3) is 5.91 Å². The molecule has 3 N–H and O–H groups in total. The number of hydrogen-bond donors (Lipinski definition) is 2. The number of hydrogen-bond acceptors (Lipinski definition) is 4. The Morgan fingerprint density at radius 2 is 2.22 bits per heavy atom. The molecule has 1 rings (SSSR count). The Balaban J connectivity index is 2.76. The number of amides is 1. The Bertz CT molecular complexity index is 411. The van der Waals surface area contributed by atoms with E-state index in [0.717, 1.165) is 19.3 Å². The highest BCUT2D eigenvalue weighted by Crippen LogP contribution is 2.17. The van der Waals surface area contributed by atoms with Gasteiger partial charge < -0.3 is 10.3 Å². The van der Waals surface area contributed by atoms with Crippen LogP contribution in [-0.2, 0) is 0 Å². The number of carbonyl (C=O) groups is 1. The van der Waals surface area contributed by atoms with Gasteiger partial charge in [-0.05, 0) is 18.6 Å². The van der Waals surface area contributed by atoms with Crippen molar-refractivity contribution >= 4 is 23.3 Å². The van der Waals surface area contributed by atoms with Crippen LogP contribution in [0.3, 0.4) is 0 Å². The van der Waals surface area contributed by atoms with E-state index in [1.165, 1.54) is 0 Å². The summed E-state index contributed by atoms with van der Waals surface area (Å²) in [5.74, 6) is 5.50. The molecule has 0 aliphatic rings. The fourth-order valence-electron chi connectivity index (χ4n) is 1.55. The van der Waals surface area contributed by atoms with E-state index in [1.54, 1.807) is 24.1 Å². The smallest absolute Gasteiger partial charge is 0.273 e.